The van der Waals surface area contributed by atoms with E-state index in [0.29, 0.717) is 24.6 Å². The minimum atomic E-state index is -1.52. The SMILES string of the molecule is CCCc1cc(Cl)ccc1[C@]1(C)COc2ccc3cc2N(CC2CCC2[C@@](C)(O)CCCC(C)C(C)[S+]([O-])NC3=O)C1. The van der Waals surface area contributed by atoms with Crippen LogP contribution in [0.3, 0.4) is 0 Å². The van der Waals surface area contributed by atoms with Crippen LogP contribution in [0.4, 0.5) is 5.69 Å². The summed E-state index contributed by atoms with van der Waals surface area (Å²) in [7, 11) is 0. The molecule has 2 bridgehead atoms. The monoisotopic (exact) mass is 614 g/mol. The van der Waals surface area contributed by atoms with E-state index < -0.39 is 17.0 Å². The van der Waals surface area contributed by atoms with E-state index in [9.17, 15) is 14.5 Å². The van der Waals surface area contributed by atoms with Gasteiger partial charge in [0.1, 0.15) is 11.0 Å². The van der Waals surface area contributed by atoms with Crippen molar-refractivity contribution in [2.45, 2.75) is 95.8 Å². The number of aryl methyl sites for hydroxylation is 1. The van der Waals surface area contributed by atoms with Crippen LogP contribution in [0.1, 0.15) is 94.6 Å². The van der Waals surface area contributed by atoms with Gasteiger partial charge in [-0.05, 0) is 99.2 Å². The van der Waals surface area contributed by atoms with E-state index >= 15 is 0 Å². The third-order valence-corrected chi connectivity index (χ3v) is 12.0. The number of aliphatic hydroxyl groups is 1. The average molecular weight is 615 g/mol. The van der Waals surface area contributed by atoms with Crippen LogP contribution >= 0.6 is 11.6 Å². The largest absolute Gasteiger partial charge is 0.593 e. The predicted molar refractivity (Wildman–Crippen MR) is 172 cm³/mol. The van der Waals surface area contributed by atoms with Crippen LogP contribution in [0.2, 0.25) is 5.02 Å². The van der Waals surface area contributed by atoms with E-state index in [1.807, 2.05) is 32.0 Å². The maximum absolute atomic E-state index is 13.3. The van der Waals surface area contributed by atoms with E-state index in [4.69, 9.17) is 16.3 Å². The lowest BCUT2D eigenvalue weighted by Gasteiger charge is -2.48. The molecular weight excluding hydrogens is 568 g/mol. The first-order valence-electron chi connectivity index (χ1n) is 15.7. The minimum absolute atomic E-state index is 0.158. The number of amides is 1. The molecule has 1 fully saturated rings. The highest BCUT2D eigenvalue weighted by Crippen LogP contribution is 2.47. The summed E-state index contributed by atoms with van der Waals surface area (Å²) in [5.41, 5.74) is 2.75. The first kappa shape index (κ1) is 31.5. The van der Waals surface area contributed by atoms with Gasteiger partial charge in [0, 0.05) is 35.0 Å². The molecule has 0 spiro atoms. The summed E-state index contributed by atoms with van der Waals surface area (Å²) in [6, 6.07) is 11.7. The summed E-state index contributed by atoms with van der Waals surface area (Å²) in [5, 5.41) is 12.2. The number of nitrogens with one attached hydrogen (secondary N) is 1. The number of ether oxygens (including phenoxy) is 1. The van der Waals surface area contributed by atoms with Crippen molar-refractivity contribution in [2.24, 2.45) is 17.8 Å². The number of hydrogen-bond acceptors (Lipinski definition) is 5. The lowest BCUT2D eigenvalue weighted by atomic mass is 9.63. The molecule has 0 aromatic heterocycles. The third-order valence-electron chi connectivity index (χ3n) is 10.2. The Morgan fingerprint density at radius 2 is 1.95 bits per heavy atom. The van der Waals surface area contributed by atoms with Gasteiger partial charge in [-0.3, -0.25) is 4.79 Å². The van der Waals surface area contributed by atoms with Crippen LogP contribution in [0.15, 0.2) is 36.4 Å². The number of benzene rings is 2. The highest BCUT2D eigenvalue weighted by atomic mass is 35.5. The molecule has 6 nitrogen and oxygen atoms in total. The molecule has 3 aliphatic rings. The van der Waals surface area contributed by atoms with E-state index in [1.165, 1.54) is 11.1 Å². The number of halogens is 1. The van der Waals surface area contributed by atoms with Crippen LogP contribution in [-0.4, -0.2) is 46.1 Å². The molecule has 42 heavy (non-hydrogen) atoms. The Morgan fingerprint density at radius 3 is 2.67 bits per heavy atom. The van der Waals surface area contributed by atoms with Crippen molar-refractivity contribution in [3.63, 3.8) is 0 Å². The number of carbonyl (C=O) groups excluding carboxylic acids is 1. The topological polar surface area (TPSA) is 84.9 Å². The second kappa shape index (κ2) is 12.6. The number of rotatable bonds is 3. The van der Waals surface area contributed by atoms with Crippen molar-refractivity contribution in [3.8, 4) is 5.75 Å². The fourth-order valence-corrected chi connectivity index (χ4v) is 8.55. The van der Waals surface area contributed by atoms with Gasteiger partial charge < -0.3 is 19.3 Å². The third kappa shape index (κ3) is 6.45. The lowest BCUT2D eigenvalue weighted by Crippen LogP contribution is -2.51. The second-order valence-corrected chi connectivity index (χ2v) is 15.5. The zero-order valence-corrected chi connectivity index (χ0v) is 27.3. The predicted octanol–water partition coefficient (Wildman–Crippen LogP) is 6.83. The molecule has 2 aromatic carbocycles. The number of anilines is 1. The van der Waals surface area contributed by atoms with Crippen molar-refractivity contribution in [1.29, 1.82) is 0 Å². The zero-order valence-electron chi connectivity index (χ0n) is 25.7. The highest BCUT2D eigenvalue weighted by molar-refractivity contribution is 7.90. The van der Waals surface area contributed by atoms with Gasteiger partial charge >= 0.3 is 0 Å². The normalized spacial score (nSPS) is 34.0. The van der Waals surface area contributed by atoms with E-state index in [-0.39, 0.29) is 28.4 Å². The first-order chi connectivity index (χ1) is 19.9. The first-order valence-corrected chi connectivity index (χ1v) is 17.3. The summed E-state index contributed by atoms with van der Waals surface area (Å²) in [5.74, 6) is 1.12. The number of nitrogens with zero attached hydrogens (tertiary/aromatic N) is 1. The number of carbonyl (C=O) groups is 1. The van der Waals surface area contributed by atoms with Crippen LogP contribution in [-0.2, 0) is 23.2 Å². The Hall–Kier alpha value is -1.93. The zero-order chi connectivity index (χ0) is 30.2. The molecule has 0 radical (unpaired) electrons. The Labute approximate surface area is 259 Å². The Balaban J connectivity index is 1.56. The molecule has 1 saturated carbocycles. The summed E-state index contributed by atoms with van der Waals surface area (Å²) < 4.78 is 22.4. The quantitative estimate of drug-likeness (QED) is 0.370. The number of fused-ring (bicyclic) bond motifs is 2. The van der Waals surface area contributed by atoms with Gasteiger partial charge in [-0.1, -0.05) is 51.3 Å². The second-order valence-electron chi connectivity index (χ2n) is 13.6. The van der Waals surface area contributed by atoms with E-state index in [1.54, 1.807) is 6.07 Å². The van der Waals surface area contributed by atoms with Gasteiger partial charge in [-0.15, -0.1) is 0 Å². The lowest BCUT2D eigenvalue weighted by molar-refractivity contribution is -0.0746. The molecule has 0 saturated heterocycles. The highest BCUT2D eigenvalue weighted by Gasteiger charge is 2.45. The summed E-state index contributed by atoms with van der Waals surface area (Å²) >= 11 is 4.92. The van der Waals surface area contributed by atoms with Gasteiger partial charge in [-0.2, -0.15) is 4.72 Å². The van der Waals surface area contributed by atoms with Crippen molar-refractivity contribution >= 4 is 34.6 Å². The molecule has 7 atom stereocenters. The fraction of sp³-hybridized carbons (Fsp3) is 0.618. The molecule has 1 aliphatic carbocycles. The molecule has 5 unspecified atom stereocenters. The van der Waals surface area contributed by atoms with Gasteiger partial charge in [0.15, 0.2) is 0 Å². The van der Waals surface area contributed by atoms with Crippen molar-refractivity contribution in [1.82, 2.24) is 4.72 Å². The molecule has 230 valence electrons. The molecule has 2 N–H and O–H groups in total. The van der Waals surface area contributed by atoms with E-state index in [2.05, 4.69) is 42.5 Å². The molecule has 2 aromatic rings. The molecule has 2 heterocycles. The van der Waals surface area contributed by atoms with Gasteiger partial charge in [-0.25, -0.2) is 0 Å². The van der Waals surface area contributed by atoms with Gasteiger partial charge in [0.2, 0.25) is 0 Å². The van der Waals surface area contributed by atoms with Crippen molar-refractivity contribution < 1.29 is 19.2 Å². The van der Waals surface area contributed by atoms with Crippen LogP contribution in [0.5, 0.6) is 5.75 Å². The molecule has 5 rings (SSSR count). The molecule has 1 amide bonds. The molecular formula is C34H47ClN2O4S. The van der Waals surface area contributed by atoms with E-state index in [0.717, 1.165) is 68.0 Å². The Bertz CT molecular complexity index is 1290. The van der Waals surface area contributed by atoms with Gasteiger partial charge in [0.25, 0.3) is 5.91 Å². The van der Waals surface area contributed by atoms with Crippen LogP contribution in [0, 0.1) is 17.8 Å². The summed E-state index contributed by atoms with van der Waals surface area (Å²) in [6.45, 7) is 12.4. The summed E-state index contributed by atoms with van der Waals surface area (Å²) in [6.07, 6.45) is 6.48. The van der Waals surface area contributed by atoms with Crippen LogP contribution in [0.25, 0.3) is 0 Å². The molecule has 2 aliphatic heterocycles. The van der Waals surface area contributed by atoms with Crippen LogP contribution < -0.4 is 14.4 Å². The number of hydrogen-bond donors (Lipinski definition) is 2. The molecule has 8 heteroatoms. The fourth-order valence-electron chi connectivity index (χ4n) is 7.32. The van der Waals surface area contributed by atoms with Gasteiger partial charge in [0.05, 0.1) is 29.3 Å². The summed E-state index contributed by atoms with van der Waals surface area (Å²) in [4.78, 5) is 15.7. The Morgan fingerprint density at radius 1 is 1.17 bits per heavy atom. The maximum Gasteiger partial charge on any atom is 0.292 e. The maximum atomic E-state index is 13.3. The van der Waals surface area contributed by atoms with Crippen molar-refractivity contribution in [2.75, 3.05) is 24.6 Å². The van der Waals surface area contributed by atoms with Crippen molar-refractivity contribution in [3.05, 3.63) is 58.1 Å². The minimum Gasteiger partial charge on any atom is -0.593 e. The smallest absolute Gasteiger partial charge is 0.292 e. The standard InChI is InChI=1S/C34H47ClN2O4S/c1-6-8-24-17-27(35)12-14-28(24)33(4)20-37-19-26-10-13-29(26)34(5,39)16-7-9-22(2)23(3)42(40)36-32(38)25-11-15-31(41-21-33)30(37)18-25/h11-12,14-15,17-18,22-23,26,29,39H,6-10,13,16,19-21H2,1-5H3,(H,36,38)/t22?,23?,26?,29?,33-,34-,42?/m0/s1. The average Bonchev–Trinajstić information content (AvgIpc) is 3.06. The Kier molecular flexibility index (Phi) is 9.44.